The fraction of sp³-hybridized carbons (Fsp3) is 0.696. The molecule has 0 radical (unpaired) electrons. The van der Waals surface area contributed by atoms with E-state index in [9.17, 15) is 19.0 Å². The van der Waals surface area contributed by atoms with E-state index in [1.165, 1.54) is 212 Å². The lowest BCUT2D eigenvalue weighted by molar-refractivity contribution is -0.870. The molecule has 0 fully saturated rings. The molecule has 0 aromatic heterocycles. The molecule has 9 nitrogen and oxygen atoms in total. The number of hydrogen-bond donors (Lipinski definition) is 1. The Balaban J connectivity index is 3.94. The zero-order valence-electron chi connectivity index (χ0n) is 66.8. The van der Waals surface area contributed by atoms with Gasteiger partial charge in [0.25, 0.3) is 0 Å². The minimum absolute atomic E-state index is 0.0288. The summed E-state index contributed by atoms with van der Waals surface area (Å²) in [5.74, 6) is -0.786. The Morgan fingerprint density at radius 1 is 0.304 bits per heavy atom. The lowest BCUT2D eigenvalue weighted by Gasteiger charge is -2.24. The van der Waals surface area contributed by atoms with Crippen molar-refractivity contribution in [2.24, 2.45) is 0 Å². The minimum atomic E-state index is -4.40. The average Bonchev–Trinajstić information content (AvgIpc) is 0.916. The Morgan fingerprint density at radius 2 is 0.529 bits per heavy atom. The van der Waals surface area contributed by atoms with Gasteiger partial charge in [0.1, 0.15) is 19.8 Å². The summed E-state index contributed by atoms with van der Waals surface area (Å²) < 4.78 is 34.9. The van der Waals surface area contributed by atoms with Crippen LogP contribution in [0.2, 0.25) is 0 Å². The number of carbonyl (C=O) groups is 2. The quantitative estimate of drug-likeness (QED) is 0.0211. The molecule has 0 saturated heterocycles. The van der Waals surface area contributed by atoms with Crippen molar-refractivity contribution in [3.05, 3.63) is 158 Å². The van der Waals surface area contributed by atoms with Gasteiger partial charge in [0, 0.05) is 12.8 Å². The van der Waals surface area contributed by atoms with E-state index in [1.807, 2.05) is 21.1 Å². The number of rotatable bonds is 77. The van der Waals surface area contributed by atoms with Gasteiger partial charge in [-0.05, 0) is 122 Å². The summed E-state index contributed by atoms with van der Waals surface area (Å²) in [5.41, 5.74) is 0. The van der Waals surface area contributed by atoms with Crippen molar-refractivity contribution in [1.29, 1.82) is 0 Å². The zero-order chi connectivity index (χ0) is 74.0. The van der Waals surface area contributed by atoms with Gasteiger partial charge in [0.05, 0.1) is 27.7 Å². The third-order valence-electron chi connectivity index (χ3n) is 18.1. The van der Waals surface area contributed by atoms with Gasteiger partial charge in [-0.15, -0.1) is 0 Å². The van der Waals surface area contributed by atoms with Gasteiger partial charge in [-0.1, -0.05) is 384 Å². The van der Waals surface area contributed by atoms with Crippen LogP contribution in [0.25, 0.3) is 0 Å². The van der Waals surface area contributed by atoms with Gasteiger partial charge < -0.3 is 18.9 Å². The largest absolute Gasteiger partial charge is 0.472 e. The normalized spacial score (nSPS) is 13.8. The highest BCUT2D eigenvalue weighted by atomic mass is 31.2. The van der Waals surface area contributed by atoms with Gasteiger partial charge in [0.2, 0.25) is 0 Å². The number of likely N-dealkylation sites (N-methyl/N-ethyl adjacent to an activating group) is 1. The average molecular weight is 1440 g/mol. The summed E-state index contributed by atoms with van der Waals surface area (Å²) in [4.78, 5) is 36.0. The summed E-state index contributed by atoms with van der Waals surface area (Å²) in [6.07, 6.45) is 121. The molecule has 0 aliphatic rings. The predicted octanol–water partition coefficient (Wildman–Crippen LogP) is 28.6. The molecule has 0 saturated carbocycles. The summed E-state index contributed by atoms with van der Waals surface area (Å²) in [7, 11) is 1.48. The van der Waals surface area contributed by atoms with Crippen LogP contribution >= 0.6 is 7.82 Å². The molecule has 0 aliphatic carbocycles. The molecule has 0 aliphatic heterocycles. The van der Waals surface area contributed by atoms with E-state index in [4.69, 9.17) is 18.5 Å². The number of nitrogens with zero attached hydrogens (tertiary/aromatic N) is 1. The van der Waals surface area contributed by atoms with Crippen LogP contribution in [0.15, 0.2) is 158 Å². The SMILES string of the molecule is CC/C=C\C/C=C\C/C=C\C/C=C\C/C=C\C/C=C\C/C=C\CCCCCCCCCCCCCCCCCCCCCC(=O)OC(COC(=O)CCCCCCCCCCCCCCCCCCCC/C=C\C/C=C\C/C=C\C/C=C\C/C=C\C/C=C\CC)COP(=O)(O)OCC[N+](C)(C)C. The molecule has 1 N–H and O–H groups in total. The molecule has 0 bridgehead atoms. The van der Waals surface area contributed by atoms with Gasteiger partial charge >= 0.3 is 19.8 Å². The first-order valence-corrected chi connectivity index (χ1v) is 43.7. The second kappa shape index (κ2) is 80.7. The van der Waals surface area contributed by atoms with Crippen molar-refractivity contribution >= 4 is 19.8 Å². The van der Waals surface area contributed by atoms with Crippen LogP contribution < -0.4 is 0 Å². The van der Waals surface area contributed by atoms with Crippen molar-refractivity contribution < 1.29 is 42.1 Å². The topological polar surface area (TPSA) is 108 Å². The first-order chi connectivity index (χ1) is 50.0. The number of esters is 2. The molecule has 102 heavy (non-hydrogen) atoms. The van der Waals surface area contributed by atoms with E-state index >= 15 is 0 Å². The van der Waals surface area contributed by atoms with Gasteiger partial charge in [-0.2, -0.15) is 0 Å². The first kappa shape index (κ1) is 97.6. The number of phosphoric acid groups is 1. The molecular formula is C92H159NO8P+. The van der Waals surface area contributed by atoms with E-state index in [0.29, 0.717) is 17.4 Å². The lowest BCUT2D eigenvalue weighted by atomic mass is 10.0. The van der Waals surface area contributed by atoms with E-state index in [2.05, 4.69) is 172 Å². The van der Waals surface area contributed by atoms with Crippen LogP contribution in [0.1, 0.15) is 361 Å². The highest BCUT2D eigenvalue weighted by Gasteiger charge is 2.27. The molecule has 584 valence electrons. The molecule has 0 heterocycles. The van der Waals surface area contributed by atoms with Crippen molar-refractivity contribution in [3.8, 4) is 0 Å². The highest BCUT2D eigenvalue weighted by Crippen LogP contribution is 2.43. The smallest absolute Gasteiger partial charge is 0.462 e. The molecule has 0 rings (SSSR count). The van der Waals surface area contributed by atoms with Crippen LogP contribution in [0.4, 0.5) is 0 Å². The van der Waals surface area contributed by atoms with E-state index in [0.717, 1.165) is 116 Å². The lowest BCUT2D eigenvalue weighted by Crippen LogP contribution is -2.37. The van der Waals surface area contributed by atoms with Gasteiger partial charge in [-0.3, -0.25) is 18.6 Å². The van der Waals surface area contributed by atoms with Crippen molar-refractivity contribution in [1.82, 2.24) is 0 Å². The van der Waals surface area contributed by atoms with Crippen LogP contribution in [-0.4, -0.2) is 74.9 Å². The number of unbranched alkanes of at least 4 members (excludes halogenated alkanes) is 37. The number of carbonyl (C=O) groups excluding carboxylic acids is 2. The number of allylic oxidation sites excluding steroid dienone is 26. The summed E-state index contributed by atoms with van der Waals surface area (Å²) in [6.45, 7) is 4.24. The molecule has 0 spiro atoms. The Hall–Kier alpha value is -4.37. The maximum absolute atomic E-state index is 12.9. The maximum Gasteiger partial charge on any atom is 0.472 e. The first-order valence-electron chi connectivity index (χ1n) is 42.2. The molecule has 0 amide bonds. The standard InChI is InChI=1S/C92H158NO8P/c1-6-8-10-12-14-16-18-20-22-24-26-28-30-32-34-36-38-40-42-44-45-46-47-49-51-53-55-57-59-61-63-65-67-69-71-73-75-77-79-81-83-85-92(95)101-90(89-100-102(96,97)99-87-86-93(3,4)5)88-98-91(94)84-82-80-78-76-74-72-70-68-66-64-62-60-58-56-54-52-50-48-43-41-39-37-35-33-31-29-27-25-23-21-19-17-15-13-11-9-7-2/h8-11,14-17,20-23,26-29,32-35,38-41,44-45,90H,6-7,12-13,18-19,24-25,30-31,36-37,42-43,46-89H2,1-5H3/p+1/b10-8-,11-9-,16-14-,17-15-,22-20-,23-21-,28-26-,29-27-,34-32-,35-33-,40-38-,41-39-,45-44-. The second-order valence-electron chi connectivity index (χ2n) is 29.1. The number of quaternary nitrogens is 1. The minimum Gasteiger partial charge on any atom is -0.462 e. The van der Waals surface area contributed by atoms with Gasteiger partial charge in [0.15, 0.2) is 6.10 Å². The van der Waals surface area contributed by atoms with E-state index < -0.39 is 26.5 Å². The predicted molar refractivity (Wildman–Crippen MR) is 445 cm³/mol. The van der Waals surface area contributed by atoms with E-state index in [-0.39, 0.29) is 32.0 Å². The Morgan fingerprint density at radius 3 is 0.784 bits per heavy atom. The number of ether oxygens (including phenoxy) is 2. The second-order valence-corrected chi connectivity index (χ2v) is 30.6. The zero-order valence-corrected chi connectivity index (χ0v) is 67.7. The molecule has 2 unspecified atom stereocenters. The van der Waals surface area contributed by atoms with Crippen molar-refractivity contribution in [2.45, 2.75) is 367 Å². The molecule has 10 heteroatoms. The summed E-state index contributed by atoms with van der Waals surface area (Å²) in [6, 6.07) is 0. The van der Waals surface area contributed by atoms with Crippen LogP contribution in [0.5, 0.6) is 0 Å². The maximum atomic E-state index is 12.9. The Bertz CT molecular complexity index is 2290. The van der Waals surface area contributed by atoms with E-state index in [1.54, 1.807) is 0 Å². The number of hydrogen-bond acceptors (Lipinski definition) is 7. The van der Waals surface area contributed by atoms with Gasteiger partial charge in [-0.25, -0.2) is 4.57 Å². The van der Waals surface area contributed by atoms with Crippen molar-refractivity contribution in [3.63, 3.8) is 0 Å². The molecule has 2 atom stereocenters. The molecule has 0 aromatic carbocycles. The monoisotopic (exact) mass is 1440 g/mol. The van der Waals surface area contributed by atoms with Crippen LogP contribution in [-0.2, 0) is 32.7 Å². The Kier molecular flexibility index (Phi) is 77.3. The third-order valence-corrected chi connectivity index (χ3v) is 19.0. The van der Waals surface area contributed by atoms with Crippen molar-refractivity contribution in [2.75, 3.05) is 47.5 Å². The molecular weight excluding hydrogens is 1280 g/mol. The fourth-order valence-electron chi connectivity index (χ4n) is 11.7. The van der Waals surface area contributed by atoms with Crippen LogP contribution in [0, 0.1) is 0 Å². The third kappa shape index (κ3) is 84.6. The molecule has 0 aromatic rings. The summed E-state index contributed by atoms with van der Waals surface area (Å²) in [5, 5.41) is 0. The Labute approximate surface area is 630 Å². The number of phosphoric ester groups is 1. The van der Waals surface area contributed by atoms with Crippen LogP contribution in [0.3, 0.4) is 0 Å². The fourth-order valence-corrected chi connectivity index (χ4v) is 12.5. The summed E-state index contributed by atoms with van der Waals surface area (Å²) >= 11 is 0. The highest BCUT2D eigenvalue weighted by molar-refractivity contribution is 7.47.